The van der Waals surface area contributed by atoms with Gasteiger partial charge < -0.3 is 14.2 Å². The summed E-state index contributed by atoms with van der Waals surface area (Å²) in [6.45, 7) is 3.25. The van der Waals surface area contributed by atoms with Crippen LogP contribution in [0.5, 0.6) is 11.5 Å². The highest BCUT2D eigenvalue weighted by molar-refractivity contribution is 6.18. The first-order chi connectivity index (χ1) is 17.4. The molecule has 194 valence electrons. The summed E-state index contributed by atoms with van der Waals surface area (Å²) in [7, 11) is 1.13. The fraction of sp³-hybridized carbons (Fsp3) is 0.292. The number of anilines is 1. The van der Waals surface area contributed by atoms with E-state index in [9.17, 15) is 34.1 Å². The number of piperazine rings is 1. The van der Waals surface area contributed by atoms with Crippen molar-refractivity contribution < 1.29 is 43.1 Å². The van der Waals surface area contributed by atoms with Crippen molar-refractivity contribution in [3.63, 3.8) is 0 Å². The zero-order chi connectivity index (χ0) is 27.4. The molecule has 13 nitrogen and oxygen atoms in total. The van der Waals surface area contributed by atoms with Crippen molar-refractivity contribution in [3.8, 4) is 11.5 Å². The van der Waals surface area contributed by atoms with Crippen molar-refractivity contribution in [2.45, 2.75) is 27.3 Å². The minimum Gasteiger partial charge on any atom is -0.465 e. The Morgan fingerprint density at radius 1 is 0.973 bits per heavy atom. The van der Waals surface area contributed by atoms with Crippen molar-refractivity contribution >= 4 is 41.1 Å². The van der Waals surface area contributed by atoms with Crippen LogP contribution < -0.4 is 14.4 Å². The molecule has 1 aliphatic heterocycles. The Morgan fingerprint density at radius 2 is 1.57 bits per heavy atom. The molecule has 2 amide bonds. The summed E-state index contributed by atoms with van der Waals surface area (Å²) >= 11 is 0. The highest BCUT2D eigenvalue weighted by Gasteiger charge is 2.34. The number of methoxy groups -OCH3 is 1. The van der Waals surface area contributed by atoms with Gasteiger partial charge in [-0.15, -0.1) is 0 Å². The van der Waals surface area contributed by atoms with Crippen LogP contribution in [0.15, 0.2) is 30.3 Å². The molecule has 0 unspecified atom stereocenters. The van der Waals surface area contributed by atoms with E-state index >= 15 is 0 Å². The first kappa shape index (κ1) is 26.9. The number of nitrogens with zero attached hydrogens (tertiary/aromatic N) is 3. The lowest BCUT2D eigenvalue weighted by Crippen LogP contribution is -2.54. The van der Waals surface area contributed by atoms with E-state index in [1.165, 1.54) is 35.2 Å². The molecule has 0 bridgehead atoms. The zero-order valence-corrected chi connectivity index (χ0v) is 20.4. The molecular formula is C24H23N3O10. The number of carbonyl (C=O) groups is 5. The number of imide groups is 1. The number of esters is 3. The summed E-state index contributed by atoms with van der Waals surface area (Å²) in [5, 5.41) is 11.0. The van der Waals surface area contributed by atoms with Gasteiger partial charge in [-0.3, -0.25) is 34.2 Å². The van der Waals surface area contributed by atoms with Gasteiger partial charge in [-0.05, 0) is 24.6 Å². The normalized spacial score (nSPS) is 13.8. The number of hydrogen-bond acceptors (Lipinski definition) is 11. The van der Waals surface area contributed by atoms with E-state index in [-0.39, 0.29) is 53.6 Å². The topological polar surface area (TPSA) is 163 Å². The number of nitro groups is 1. The molecular weight excluding hydrogens is 490 g/mol. The van der Waals surface area contributed by atoms with Crippen LogP contribution in [0.25, 0.3) is 0 Å². The summed E-state index contributed by atoms with van der Waals surface area (Å²) in [5.41, 5.74) is 0.547. The number of rotatable bonds is 7. The predicted octanol–water partition coefficient (Wildman–Crippen LogP) is 1.92. The summed E-state index contributed by atoms with van der Waals surface area (Å²) in [6.07, 6.45) is 0. The van der Waals surface area contributed by atoms with Crippen molar-refractivity contribution in [3.05, 3.63) is 57.1 Å². The third-order valence-corrected chi connectivity index (χ3v) is 5.33. The van der Waals surface area contributed by atoms with Gasteiger partial charge >= 0.3 is 17.9 Å². The zero-order valence-electron chi connectivity index (χ0n) is 20.4. The number of benzene rings is 2. The molecule has 2 aromatic carbocycles. The Kier molecular flexibility index (Phi) is 7.98. The van der Waals surface area contributed by atoms with Gasteiger partial charge in [0.05, 0.1) is 30.8 Å². The maximum absolute atomic E-state index is 12.9. The molecule has 0 atom stereocenters. The molecule has 0 N–H and O–H groups in total. The summed E-state index contributed by atoms with van der Waals surface area (Å²) in [4.78, 5) is 74.5. The van der Waals surface area contributed by atoms with Crippen LogP contribution in [-0.2, 0) is 30.5 Å². The second-order valence-electron chi connectivity index (χ2n) is 8.11. The SMILES string of the molecule is COC(=O)c1ccc(CN2CC(=O)N(c3ccc([N+](=O)[O-])cc3C)C(=O)C2)c(OC(C)=O)c1OC(C)=O. The summed E-state index contributed by atoms with van der Waals surface area (Å²) in [6, 6.07) is 6.56. The Labute approximate surface area is 210 Å². The first-order valence-electron chi connectivity index (χ1n) is 10.9. The van der Waals surface area contributed by atoms with Crippen LogP contribution >= 0.6 is 0 Å². The van der Waals surface area contributed by atoms with Gasteiger partial charge in [0.15, 0.2) is 11.5 Å². The van der Waals surface area contributed by atoms with E-state index in [2.05, 4.69) is 0 Å². The molecule has 13 heteroatoms. The van der Waals surface area contributed by atoms with E-state index < -0.39 is 34.6 Å². The second-order valence-corrected chi connectivity index (χ2v) is 8.11. The van der Waals surface area contributed by atoms with E-state index in [4.69, 9.17) is 14.2 Å². The molecule has 0 radical (unpaired) electrons. The quantitative estimate of drug-likeness (QED) is 0.175. The predicted molar refractivity (Wildman–Crippen MR) is 126 cm³/mol. The maximum Gasteiger partial charge on any atom is 0.341 e. The van der Waals surface area contributed by atoms with Crippen LogP contribution in [0.3, 0.4) is 0 Å². The lowest BCUT2D eigenvalue weighted by Gasteiger charge is -2.33. The molecule has 1 fully saturated rings. The minimum absolute atomic E-state index is 0.0805. The van der Waals surface area contributed by atoms with Crippen molar-refractivity contribution in [1.82, 2.24) is 4.90 Å². The Hall–Kier alpha value is -4.65. The third-order valence-electron chi connectivity index (χ3n) is 5.33. The third kappa shape index (κ3) is 5.95. The number of carbonyl (C=O) groups excluding carboxylic acids is 5. The number of non-ortho nitro benzene ring substituents is 1. The fourth-order valence-electron chi connectivity index (χ4n) is 3.84. The number of aryl methyl sites for hydroxylation is 1. The average molecular weight is 513 g/mol. The molecule has 2 aromatic rings. The molecule has 3 rings (SSSR count). The largest absolute Gasteiger partial charge is 0.465 e. The molecule has 0 aromatic heterocycles. The average Bonchev–Trinajstić information content (AvgIpc) is 2.80. The smallest absolute Gasteiger partial charge is 0.341 e. The van der Waals surface area contributed by atoms with Gasteiger partial charge in [-0.1, -0.05) is 6.07 Å². The molecule has 1 saturated heterocycles. The standard InChI is InChI=1S/C24H23N3O10/c1-13-9-17(27(33)34)6-8-19(13)26-20(30)11-25(12-21(26)31)10-16-5-7-18(24(32)35-4)23(37-15(3)29)22(16)36-14(2)28/h5-9H,10-12H2,1-4H3. The Morgan fingerprint density at radius 3 is 2.08 bits per heavy atom. The monoisotopic (exact) mass is 513 g/mol. The van der Waals surface area contributed by atoms with Crippen LogP contribution in [0.4, 0.5) is 11.4 Å². The molecule has 37 heavy (non-hydrogen) atoms. The second kappa shape index (κ2) is 11.0. The molecule has 1 heterocycles. The van der Waals surface area contributed by atoms with Crippen molar-refractivity contribution in [1.29, 1.82) is 0 Å². The van der Waals surface area contributed by atoms with Gasteiger partial charge in [-0.25, -0.2) is 9.69 Å². The van der Waals surface area contributed by atoms with E-state index in [0.29, 0.717) is 5.56 Å². The maximum atomic E-state index is 12.9. The highest BCUT2D eigenvalue weighted by Crippen LogP contribution is 2.37. The molecule has 0 aliphatic carbocycles. The van der Waals surface area contributed by atoms with E-state index in [1.807, 2.05) is 0 Å². The van der Waals surface area contributed by atoms with Crippen LogP contribution in [0.1, 0.15) is 35.3 Å². The summed E-state index contributed by atoms with van der Waals surface area (Å²) < 4.78 is 15.1. The van der Waals surface area contributed by atoms with Gasteiger partial charge in [0, 0.05) is 38.1 Å². The lowest BCUT2D eigenvalue weighted by atomic mass is 10.1. The number of amides is 2. The molecule has 1 aliphatic rings. The number of hydrogen-bond donors (Lipinski definition) is 0. The van der Waals surface area contributed by atoms with Crippen LogP contribution in [0.2, 0.25) is 0 Å². The Bertz CT molecular complexity index is 1300. The Balaban J connectivity index is 1.93. The van der Waals surface area contributed by atoms with E-state index in [1.54, 1.807) is 6.92 Å². The van der Waals surface area contributed by atoms with E-state index in [0.717, 1.165) is 25.9 Å². The number of ether oxygens (including phenoxy) is 3. The molecule has 0 spiro atoms. The minimum atomic E-state index is -0.839. The van der Waals surface area contributed by atoms with Gasteiger partial charge in [0.1, 0.15) is 5.56 Å². The summed E-state index contributed by atoms with van der Waals surface area (Å²) in [5.74, 6) is -4.09. The number of nitro benzene ring substituents is 1. The van der Waals surface area contributed by atoms with Gasteiger partial charge in [-0.2, -0.15) is 0 Å². The lowest BCUT2D eigenvalue weighted by molar-refractivity contribution is -0.384. The highest BCUT2D eigenvalue weighted by atomic mass is 16.6. The van der Waals surface area contributed by atoms with Crippen LogP contribution in [0, 0.1) is 17.0 Å². The van der Waals surface area contributed by atoms with Crippen molar-refractivity contribution in [2.75, 3.05) is 25.1 Å². The fourth-order valence-corrected chi connectivity index (χ4v) is 3.84. The van der Waals surface area contributed by atoms with Gasteiger partial charge in [0.2, 0.25) is 11.8 Å². The molecule has 0 saturated carbocycles. The first-order valence-corrected chi connectivity index (χ1v) is 10.9. The van der Waals surface area contributed by atoms with Crippen LogP contribution in [-0.4, -0.2) is 59.7 Å². The van der Waals surface area contributed by atoms with Gasteiger partial charge in [0.25, 0.3) is 5.69 Å². The van der Waals surface area contributed by atoms with Crippen molar-refractivity contribution in [2.24, 2.45) is 0 Å².